The molecule has 1 aromatic heterocycles. The number of nitrogens with zero attached hydrogens (tertiary/aromatic N) is 2. The summed E-state index contributed by atoms with van der Waals surface area (Å²) in [5, 5.41) is 0. The number of esters is 1. The third-order valence-electron chi connectivity index (χ3n) is 4.42. The minimum atomic E-state index is -0.434. The average molecular weight is 367 g/mol. The summed E-state index contributed by atoms with van der Waals surface area (Å²) in [6.07, 6.45) is 4.97. The summed E-state index contributed by atoms with van der Waals surface area (Å²) in [4.78, 5) is 16.8. The fraction of sp³-hybridized carbons (Fsp3) is 0.0417. The predicted molar refractivity (Wildman–Crippen MR) is 107 cm³/mol. The van der Waals surface area contributed by atoms with E-state index in [9.17, 15) is 4.79 Å². The Kier molecular flexibility index (Phi) is 5.20. The largest absolute Gasteiger partial charge is 0.419 e. The SMILES string of the molecule is O=C(Oc1ccc(-c2ccccc2)cc1)c1cncc[n+]1Cc1ccccc1. The van der Waals surface area contributed by atoms with Crippen molar-refractivity contribution in [3.8, 4) is 16.9 Å². The van der Waals surface area contributed by atoms with E-state index in [0.29, 0.717) is 18.0 Å². The molecule has 4 heteroatoms. The van der Waals surface area contributed by atoms with Gasteiger partial charge in [0.2, 0.25) is 0 Å². The molecule has 0 saturated heterocycles. The zero-order valence-electron chi connectivity index (χ0n) is 15.2. The smallest absolute Gasteiger partial charge is 0.410 e. The molecule has 1 heterocycles. The lowest BCUT2D eigenvalue weighted by atomic mass is 10.1. The van der Waals surface area contributed by atoms with E-state index in [0.717, 1.165) is 16.7 Å². The molecular weight excluding hydrogens is 348 g/mol. The van der Waals surface area contributed by atoms with Crippen LogP contribution in [-0.4, -0.2) is 11.0 Å². The molecule has 0 bridgehead atoms. The highest BCUT2D eigenvalue weighted by molar-refractivity contribution is 5.87. The van der Waals surface area contributed by atoms with Crippen LogP contribution in [0.1, 0.15) is 16.1 Å². The summed E-state index contributed by atoms with van der Waals surface area (Å²) in [6.45, 7) is 0.570. The van der Waals surface area contributed by atoms with E-state index in [1.807, 2.05) is 77.4 Å². The van der Waals surface area contributed by atoms with Gasteiger partial charge in [-0.05, 0) is 23.3 Å². The predicted octanol–water partition coefficient (Wildman–Crippen LogP) is 4.30. The maximum absolute atomic E-state index is 12.7. The molecule has 0 unspecified atom stereocenters. The molecule has 0 aliphatic rings. The molecule has 4 aromatic rings. The van der Waals surface area contributed by atoms with Gasteiger partial charge in [-0.1, -0.05) is 72.8 Å². The van der Waals surface area contributed by atoms with Crippen molar-refractivity contribution in [2.45, 2.75) is 6.54 Å². The number of carbonyl (C=O) groups excluding carboxylic acids is 1. The Morgan fingerprint density at radius 3 is 2.18 bits per heavy atom. The van der Waals surface area contributed by atoms with E-state index in [1.165, 1.54) is 6.20 Å². The van der Waals surface area contributed by atoms with E-state index in [4.69, 9.17) is 4.74 Å². The quantitative estimate of drug-likeness (QED) is 0.300. The highest BCUT2D eigenvalue weighted by Gasteiger charge is 2.22. The minimum Gasteiger partial charge on any atom is -0.419 e. The summed E-state index contributed by atoms with van der Waals surface area (Å²) in [5.74, 6) is 0.0660. The Balaban J connectivity index is 1.51. The Morgan fingerprint density at radius 1 is 0.821 bits per heavy atom. The third kappa shape index (κ3) is 4.13. The van der Waals surface area contributed by atoms with E-state index in [1.54, 1.807) is 24.5 Å². The van der Waals surface area contributed by atoms with E-state index in [-0.39, 0.29) is 0 Å². The first-order chi connectivity index (χ1) is 13.8. The molecule has 0 aliphatic carbocycles. The highest BCUT2D eigenvalue weighted by Crippen LogP contribution is 2.22. The summed E-state index contributed by atoms with van der Waals surface area (Å²) in [5.41, 5.74) is 3.69. The number of hydrogen-bond donors (Lipinski definition) is 0. The first-order valence-corrected chi connectivity index (χ1v) is 9.05. The fourth-order valence-corrected chi connectivity index (χ4v) is 2.98. The van der Waals surface area contributed by atoms with Crippen molar-refractivity contribution < 1.29 is 14.1 Å². The molecule has 4 nitrogen and oxygen atoms in total. The normalized spacial score (nSPS) is 10.4. The molecule has 28 heavy (non-hydrogen) atoms. The van der Waals surface area contributed by atoms with Gasteiger partial charge < -0.3 is 4.74 Å². The van der Waals surface area contributed by atoms with E-state index in [2.05, 4.69) is 4.98 Å². The Bertz CT molecular complexity index is 1060. The van der Waals surface area contributed by atoms with Gasteiger partial charge in [0.25, 0.3) is 0 Å². The molecule has 0 saturated carbocycles. The standard InChI is InChI=1S/C24H19N2O2/c27-24(23-17-25-15-16-26(23)18-19-7-3-1-4-8-19)28-22-13-11-21(12-14-22)20-9-5-2-6-10-20/h1-17H,18H2/q+1. The van der Waals surface area contributed by atoms with Crippen LogP contribution in [0.25, 0.3) is 11.1 Å². The Labute approximate surface area is 163 Å². The molecule has 0 aliphatic heterocycles. The van der Waals surface area contributed by atoms with E-state index < -0.39 is 5.97 Å². The number of carbonyl (C=O) groups is 1. The van der Waals surface area contributed by atoms with Crippen molar-refractivity contribution in [2.24, 2.45) is 0 Å². The maximum atomic E-state index is 12.7. The molecule has 136 valence electrons. The van der Waals surface area contributed by atoms with Crippen LogP contribution in [0.3, 0.4) is 0 Å². The Morgan fingerprint density at radius 2 is 1.46 bits per heavy atom. The second-order valence-electron chi connectivity index (χ2n) is 6.35. The van der Waals surface area contributed by atoms with Crippen molar-refractivity contribution in [3.63, 3.8) is 0 Å². The van der Waals surface area contributed by atoms with Crippen LogP contribution in [0, 0.1) is 0 Å². The highest BCUT2D eigenvalue weighted by atomic mass is 16.5. The molecule has 0 radical (unpaired) electrons. The second kappa shape index (κ2) is 8.27. The summed E-state index contributed by atoms with van der Waals surface area (Å²) < 4.78 is 7.41. The summed E-state index contributed by atoms with van der Waals surface area (Å²) in [7, 11) is 0. The Hall–Kier alpha value is -3.79. The van der Waals surface area contributed by atoms with Gasteiger partial charge in [-0.15, -0.1) is 0 Å². The van der Waals surface area contributed by atoms with Crippen molar-refractivity contribution in [1.82, 2.24) is 4.98 Å². The lowest BCUT2D eigenvalue weighted by molar-refractivity contribution is -0.691. The lowest BCUT2D eigenvalue weighted by Gasteiger charge is -2.06. The lowest BCUT2D eigenvalue weighted by Crippen LogP contribution is -2.42. The number of ether oxygens (including phenoxy) is 1. The molecule has 0 fully saturated rings. The third-order valence-corrected chi connectivity index (χ3v) is 4.42. The van der Waals surface area contributed by atoms with Crippen molar-refractivity contribution in [3.05, 3.63) is 115 Å². The zero-order chi connectivity index (χ0) is 19.2. The fourth-order valence-electron chi connectivity index (χ4n) is 2.98. The van der Waals surface area contributed by atoms with Crippen molar-refractivity contribution in [1.29, 1.82) is 0 Å². The maximum Gasteiger partial charge on any atom is 0.410 e. The van der Waals surface area contributed by atoms with Gasteiger partial charge in [0.05, 0.1) is 6.20 Å². The minimum absolute atomic E-state index is 0.401. The first kappa shape index (κ1) is 17.6. The summed E-state index contributed by atoms with van der Waals surface area (Å²) in [6, 6.07) is 27.5. The van der Waals surface area contributed by atoms with Crippen LogP contribution >= 0.6 is 0 Å². The van der Waals surface area contributed by atoms with Crippen LogP contribution in [0.15, 0.2) is 104 Å². The van der Waals surface area contributed by atoms with Crippen LogP contribution in [0.4, 0.5) is 0 Å². The first-order valence-electron chi connectivity index (χ1n) is 9.05. The molecular formula is C24H19N2O2+. The molecule has 0 N–H and O–H groups in total. The molecule has 3 aromatic carbocycles. The van der Waals surface area contributed by atoms with Crippen molar-refractivity contribution in [2.75, 3.05) is 0 Å². The number of hydrogen-bond acceptors (Lipinski definition) is 3. The second-order valence-corrected chi connectivity index (χ2v) is 6.35. The number of benzene rings is 3. The molecule has 0 spiro atoms. The topological polar surface area (TPSA) is 43.1 Å². The van der Waals surface area contributed by atoms with Gasteiger partial charge in [-0.3, -0.25) is 4.98 Å². The van der Waals surface area contributed by atoms with Gasteiger partial charge in [0.15, 0.2) is 12.7 Å². The van der Waals surface area contributed by atoms with Crippen LogP contribution < -0.4 is 9.30 Å². The van der Waals surface area contributed by atoms with Gasteiger partial charge in [-0.2, -0.15) is 4.57 Å². The number of aromatic nitrogens is 2. The van der Waals surface area contributed by atoms with Crippen LogP contribution in [-0.2, 0) is 6.54 Å². The zero-order valence-corrected chi connectivity index (χ0v) is 15.2. The molecule has 0 amide bonds. The van der Waals surface area contributed by atoms with Gasteiger partial charge >= 0.3 is 11.7 Å². The molecule has 0 atom stereocenters. The average Bonchev–Trinajstić information content (AvgIpc) is 2.76. The van der Waals surface area contributed by atoms with Gasteiger partial charge in [0, 0.05) is 5.56 Å². The number of rotatable bonds is 5. The summed E-state index contributed by atoms with van der Waals surface area (Å²) >= 11 is 0. The van der Waals surface area contributed by atoms with E-state index >= 15 is 0 Å². The monoisotopic (exact) mass is 367 g/mol. The van der Waals surface area contributed by atoms with Crippen molar-refractivity contribution >= 4 is 5.97 Å². The van der Waals surface area contributed by atoms with Gasteiger partial charge in [-0.25, -0.2) is 4.79 Å². The molecule has 4 rings (SSSR count). The van der Waals surface area contributed by atoms with Gasteiger partial charge in [0.1, 0.15) is 11.9 Å². The van der Waals surface area contributed by atoms with Crippen LogP contribution in [0.2, 0.25) is 0 Å². The van der Waals surface area contributed by atoms with Crippen LogP contribution in [0.5, 0.6) is 5.75 Å².